The summed E-state index contributed by atoms with van der Waals surface area (Å²) in [6, 6.07) is 0. The molecule has 1 N–H and O–H groups in total. The second-order valence-corrected chi connectivity index (χ2v) is 7.65. The molecule has 0 saturated carbocycles. The number of hydrogen-bond acceptors (Lipinski definition) is 5. The quantitative estimate of drug-likeness (QED) is 0.922. The van der Waals surface area contributed by atoms with Crippen LogP contribution in [0.4, 0.5) is 5.82 Å². The number of thiophene rings is 1. The first kappa shape index (κ1) is 13.9. The van der Waals surface area contributed by atoms with Crippen molar-refractivity contribution in [2.45, 2.75) is 33.1 Å². The maximum atomic E-state index is 11.1. The van der Waals surface area contributed by atoms with E-state index >= 15 is 0 Å². The maximum Gasteiger partial charge on any atom is 0.310 e. The van der Waals surface area contributed by atoms with Crippen molar-refractivity contribution < 1.29 is 9.90 Å². The van der Waals surface area contributed by atoms with Crippen LogP contribution in [0.25, 0.3) is 10.2 Å². The molecule has 0 aromatic carbocycles. The van der Waals surface area contributed by atoms with Crippen molar-refractivity contribution in [3.8, 4) is 0 Å². The van der Waals surface area contributed by atoms with Crippen molar-refractivity contribution in [2.24, 2.45) is 11.8 Å². The van der Waals surface area contributed by atoms with Crippen molar-refractivity contribution in [3.63, 3.8) is 0 Å². The molecule has 4 rings (SSSR count). The van der Waals surface area contributed by atoms with E-state index in [1.807, 2.05) is 6.92 Å². The lowest BCUT2D eigenvalue weighted by Gasteiger charge is -2.38. The molecular weight excluding hydrogens is 298 g/mol. The number of nitrogens with zero attached hydrogens (tertiary/aromatic N) is 3. The Morgan fingerprint density at radius 2 is 2.14 bits per heavy atom. The van der Waals surface area contributed by atoms with E-state index in [4.69, 9.17) is 5.11 Å². The van der Waals surface area contributed by atoms with Crippen LogP contribution in [-0.4, -0.2) is 34.1 Å². The van der Waals surface area contributed by atoms with Crippen LogP contribution in [-0.2, 0) is 17.6 Å². The van der Waals surface area contributed by atoms with Crippen LogP contribution < -0.4 is 4.90 Å². The Balaban J connectivity index is 1.79. The van der Waals surface area contributed by atoms with Gasteiger partial charge in [0, 0.05) is 18.0 Å². The van der Waals surface area contributed by atoms with Gasteiger partial charge < -0.3 is 10.0 Å². The topological polar surface area (TPSA) is 66.3 Å². The molecule has 3 heterocycles. The normalized spacial score (nSPS) is 21.7. The largest absolute Gasteiger partial charge is 0.481 e. The smallest absolute Gasteiger partial charge is 0.310 e. The van der Waals surface area contributed by atoms with Gasteiger partial charge in [0.2, 0.25) is 0 Å². The molecule has 2 aliphatic rings. The van der Waals surface area contributed by atoms with Gasteiger partial charge in [-0.25, -0.2) is 9.97 Å². The van der Waals surface area contributed by atoms with Crippen LogP contribution >= 0.6 is 11.3 Å². The van der Waals surface area contributed by atoms with Crippen LogP contribution in [0.5, 0.6) is 0 Å². The van der Waals surface area contributed by atoms with Gasteiger partial charge in [-0.2, -0.15) is 0 Å². The van der Waals surface area contributed by atoms with E-state index in [-0.39, 0.29) is 5.92 Å². The first-order valence-corrected chi connectivity index (χ1v) is 8.61. The standard InChI is InChI=1S/C16H19N3O2S/c1-8-3-4-11-12(5-8)22-15-13(11)14(17-9(2)18-15)19-6-10(7-19)16(20)21/h8,10H,3-7H2,1-2H3,(H,20,21). The lowest BCUT2D eigenvalue weighted by Crippen LogP contribution is -2.51. The van der Waals surface area contributed by atoms with E-state index in [0.29, 0.717) is 13.1 Å². The van der Waals surface area contributed by atoms with Gasteiger partial charge in [0.05, 0.1) is 11.3 Å². The average molecular weight is 317 g/mol. The molecule has 0 amide bonds. The van der Waals surface area contributed by atoms with Crippen molar-refractivity contribution in [1.29, 1.82) is 0 Å². The van der Waals surface area contributed by atoms with Crippen LogP contribution in [0.15, 0.2) is 0 Å². The third-order valence-corrected chi connectivity index (χ3v) is 5.93. The zero-order valence-corrected chi connectivity index (χ0v) is 13.6. The molecule has 0 bridgehead atoms. The fourth-order valence-electron chi connectivity index (χ4n) is 3.46. The second kappa shape index (κ2) is 4.91. The summed E-state index contributed by atoms with van der Waals surface area (Å²) < 4.78 is 0. The average Bonchev–Trinajstić information content (AvgIpc) is 2.72. The summed E-state index contributed by atoms with van der Waals surface area (Å²) in [6.45, 7) is 5.33. The molecule has 5 nitrogen and oxygen atoms in total. The Labute approximate surface area is 133 Å². The number of fused-ring (bicyclic) bond motifs is 3. The lowest BCUT2D eigenvalue weighted by molar-refractivity contribution is -0.142. The number of carboxylic acid groups (broad SMARTS) is 1. The molecule has 1 aliphatic heterocycles. The zero-order valence-electron chi connectivity index (χ0n) is 12.8. The summed E-state index contributed by atoms with van der Waals surface area (Å²) in [7, 11) is 0. The molecule has 1 unspecified atom stereocenters. The Morgan fingerprint density at radius 3 is 2.86 bits per heavy atom. The minimum absolute atomic E-state index is 0.264. The molecule has 1 saturated heterocycles. The van der Waals surface area contributed by atoms with Gasteiger partial charge in [-0.05, 0) is 37.7 Å². The van der Waals surface area contributed by atoms with E-state index < -0.39 is 5.97 Å². The van der Waals surface area contributed by atoms with Gasteiger partial charge in [-0.1, -0.05) is 6.92 Å². The van der Waals surface area contributed by atoms with Crippen molar-refractivity contribution in [2.75, 3.05) is 18.0 Å². The highest BCUT2D eigenvalue weighted by atomic mass is 32.1. The van der Waals surface area contributed by atoms with Gasteiger partial charge in [0.1, 0.15) is 16.5 Å². The molecule has 1 fully saturated rings. The maximum absolute atomic E-state index is 11.1. The molecule has 22 heavy (non-hydrogen) atoms. The summed E-state index contributed by atoms with van der Waals surface area (Å²) in [5, 5.41) is 10.3. The van der Waals surface area contributed by atoms with Crippen molar-refractivity contribution >= 4 is 33.3 Å². The Bertz CT molecular complexity index is 764. The van der Waals surface area contributed by atoms with Gasteiger partial charge in [0.25, 0.3) is 0 Å². The molecule has 6 heteroatoms. The van der Waals surface area contributed by atoms with Crippen molar-refractivity contribution in [1.82, 2.24) is 9.97 Å². The third-order valence-electron chi connectivity index (χ3n) is 4.78. The summed E-state index contributed by atoms with van der Waals surface area (Å²) >= 11 is 1.80. The Kier molecular flexibility index (Phi) is 3.11. The Morgan fingerprint density at radius 1 is 1.36 bits per heavy atom. The molecule has 116 valence electrons. The molecule has 0 spiro atoms. The van der Waals surface area contributed by atoms with Crippen molar-refractivity contribution in [3.05, 3.63) is 16.3 Å². The molecule has 2 aromatic rings. The fraction of sp³-hybridized carbons (Fsp3) is 0.562. The predicted molar refractivity (Wildman–Crippen MR) is 86.7 cm³/mol. The van der Waals surface area contributed by atoms with Crippen LogP contribution in [0, 0.1) is 18.8 Å². The molecular formula is C16H19N3O2S. The number of rotatable bonds is 2. The van der Waals surface area contributed by atoms with Crippen LogP contribution in [0.1, 0.15) is 29.6 Å². The van der Waals surface area contributed by atoms with Gasteiger partial charge in [-0.15, -0.1) is 11.3 Å². The summed E-state index contributed by atoms with van der Waals surface area (Å²) in [6.07, 6.45) is 3.43. The van der Waals surface area contributed by atoms with E-state index in [9.17, 15) is 4.79 Å². The molecule has 1 atom stereocenters. The second-order valence-electron chi connectivity index (χ2n) is 6.57. The third kappa shape index (κ3) is 2.08. The van der Waals surface area contributed by atoms with Crippen LogP contribution in [0.3, 0.4) is 0 Å². The molecule has 0 radical (unpaired) electrons. The monoisotopic (exact) mass is 317 g/mol. The van der Waals surface area contributed by atoms with Gasteiger partial charge in [-0.3, -0.25) is 4.79 Å². The number of anilines is 1. The van der Waals surface area contributed by atoms with E-state index in [1.54, 1.807) is 11.3 Å². The number of aliphatic carboxylic acids is 1. The number of aryl methyl sites for hydroxylation is 2. The number of hydrogen-bond donors (Lipinski definition) is 1. The van der Waals surface area contributed by atoms with E-state index in [2.05, 4.69) is 21.8 Å². The zero-order chi connectivity index (χ0) is 15.4. The highest BCUT2D eigenvalue weighted by molar-refractivity contribution is 7.19. The minimum Gasteiger partial charge on any atom is -0.481 e. The lowest BCUT2D eigenvalue weighted by atomic mass is 9.89. The number of carboxylic acids is 1. The molecule has 2 aromatic heterocycles. The Hall–Kier alpha value is -1.69. The summed E-state index contributed by atoms with van der Waals surface area (Å²) in [4.78, 5) is 24.9. The molecule has 1 aliphatic carbocycles. The SMILES string of the molecule is Cc1nc(N2CC(C(=O)O)C2)c2c3c(sc2n1)CC(C)CC3. The van der Waals surface area contributed by atoms with E-state index in [1.165, 1.54) is 22.2 Å². The van der Waals surface area contributed by atoms with Crippen LogP contribution in [0.2, 0.25) is 0 Å². The minimum atomic E-state index is -0.709. The van der Waals surface area contributed by atoms with E-state index in [0.717, 1.165) is 35.2 Å². The van der Waals surface area contributed by atoms with Gasteiger partial charge >= 0.3 is 5.97 Å². The fourth-order valence-corrected chi connectivity index (χ4v) is 4.89. The number of carbonyl (C=O) groups is 1. The van der Waals surface area contributed by atoms with Gasteiger partial charge in [0.15, 0.2) is 0 Å². The highest BCUT2D eigenvalue weighted by Crippen LogP contribution is 2.42. The first-order chi connectivity index (χ1) is 10.5. The predicted octanol–water partition coefficient (Wildman–Crippen LogP) is 2.65. The number of aromatic nitrogens is 2. The highest BCUT2D eigenvalue weighted by Gasteiger charge is 2.35. The summed E-state index contributed by atoms with van der Waals surface area (Å²) in [5.41, 5.74) is 1.41. The summed E-state index contributed by atoms with van der Waals surface area (Å²) in [5.74, 6) is 1.48. The first-order valence-electron chi connectivity index (χ1n) is 7.79.